The molecule has 0 radical (unpaired) electrons. The molecule has 466 valence electrons. The van der Waals surface area contributed by atoms with Crippen LogP contribution in [0.2, 0.25) is 0 Å². The number of hydrogen-bond acceptors (Lipinski definition) is 19. The Kier molecular flexibility index (Phi) is 23.3. The number of phenols is 2. The number of fused-ring (bicyclic) bond motifs is 1. The quantitative estimate of drug-likeness (QED) is 0.0270. The van der Waals surface area contributed by atoms with E-state index >= 15 is 0 Å². The van der Waals surface area contributed by atoms with Crippen molar-refractivity contribution in [2.24, 2.45) is 5.92 Å². The van der Waals surface area contributed by atoms with Crippen molar-refractivity contribution in [3.05, 3.63) is 113 Å². The summed E-state index contributed by atoms with van der Waals surface area (Å²) in [4.78, 5) is 62.3. The van der Waals surface area contributed by atoms with Crippen LogP contribution in [0.4, 0.5) is 5.69 Å². The number of hydrogen-bond donors (Lipinski definition) is 6. The molecule has 86 heavy (non-hydrogen) atoms. The fourth-order valence-corrected chi connectivity index (χ4v) is 14.1. The Hall–Kier alpha value is -6.79. The number of ether oxygens (including phenoxy) is 5. The SMILES string of the molecule is Cc1ncsc1-c1ccc(CNC(=O)[C@@H]2C[C@@H](O)CN2C(=O)[C@H](C(C)C)N2Cc3ccccc3C2=O)c(OCCOCCOCCOCCOCCNC(=O)CCNc2cccc(S(=O)(=O)N3CCCN(S(=O)(=O)c4ccc(O)c(O)c4)CC3)c2)c1. The third-order valence-electron chi connectivity index (χ3n) is 14.8. The van der Waals surface area contributed by atoms with Crippen LogP contribution in [0.1, 0.15) is 60.3 Å². The number of aliphatic hydroxyl groups excluding tert-OH is 1. The predicted molar refractivity (Wildman–Crippen MR) is 318 cm³/mol. The molecule has 3 aliphatic rings. The molecule has 27 heteroatoms. The summed E-state index contributed by atoms with van der Waals surface area (Å²) >= 11 is 1.50. The number of nitrogens with zero attached hydrogens (tertiary/aromatic N) is 5. The van der Waals surface area contributed by atoms with Gasteiger partial charge in [0.25, 0.3) is 5.91 Å². The summed E-state index contributed by atoms with van der Waals surface area (Å²) in [5.41, 5.74) is 6.14. The lowest BCUT2D eigenvalue weighted by molar-refractivity contribution is -0.143. The highest BCUT2D eigenvalue weighted by Gasteiger charge is 2.46. The molecule has 0 unspecified atom stereocenters. The summed E-state index contributed by atoms with van der Waals surface area (Å²) in [5, 5.41) is 39.0. The van der Waals surface area contributed by atoms with Gasteiger partial charge >= 0.3 is 0 Å². The number of likely N-dealkylation sites (tertiary alicyclic amines) is 1. The van der Waals surface area contributed by atoms with E-state index in [0.29, 0.717) is 62.2 Å². The summed E-state index contributed by atoms with van der Waals surface area (Å²) < 4.78 is 85.0. The van der Waals surface area contributed by atoms with E-state index in [1.807, 2.05) is 51.1 Å². The number of aromatic nitrogens is 1. The van der Waals surface area contributed by atoms with Gasteiger partial charge in [0.05, 0.1) is 84.8 Å². The first-order valence-corrected chi connectivity index (χ1v) is 32.3. The highest BCUT2D eigenvalue weighted by molar-refractivity contribution is 7.89. The molecule has 8 rings (SSSR count). The number of carbonyl (C=O) groups excluding carboxylic acids is 4. The summed E-state index contributed by atoms with van der Waals surface area (Å²) in [5.74, 6) is -2.01. The maximum atomic E-state index is 14.3. The van der Waals surface area contributed by atoms with Crippen molar-refractivity contribution in [2.45, 2.75) is 81.1 Å². The number of aliphatic hydroxyl groups is 1. The predicted octanol–water partition coefficient (Wildman–Crippen LogP) is 3.94. The second kappa shape index (κ2) is 30.7. The van der Waals surface area contributed by atoms with Crippen LogP contribution in [0, 0.1) is 12.8 Å². The molecule has 2 fully saturated rings. The Balaban J connectivity index is 0.669. The van der Waals surface area contributed by atoms with Gasteiger partial charge in [-0.25, -0.2) is 21.8 Å². The van der Waals surface area contributed by atoms with Crippen molar-refractivity contribution in [1.29, 1.82) is 0 Å². The van der Waals surface area contributed by atoms with Crippen molar-refractivity contribution >= 4 is 60.7 Å². The number of nitrogens with one attached hydrogen (secondary N) is 3. The molecule has 0 aliphatic carbocycles. The highest BCUT2D eigenvalue weighted by atomic mass is 32.2. The van der Waals surface area contributed by atoms with Gasteiger partial charge < -0.3 is 64.8 Å². The Labute approximate surface area is 505 Å². The van der Waals surface area contributed by atoms with Gasteiger partial charge in [0.15, 0.2) is 11.5 Å². The van der Waals surface area contributed by atoms with Gasteiger partial charge in [0, 0.05) is 94.6 Å². The number of sulfonamides is 2. The Bertz CT molecular complexity index is 3370. The fourth-order valence-electron chi connectivity index (χ4n) is 10.3. The normalized spacial score (nSPS) is 17.2. The van der Waals surface area contributed by atoms with Crippen molar-refractivity contribution < 1.29 is 75.0 Å². The molecule has 0 bridgehead atoms. The van der Waals surface area contributed by atoms with Gasteiger partial charge in [0.1, 0.15) is 24.4 Å². The van der Waals surface area contributed by atoms with Gasteiger partial charge in [0.2, 0.25) is 37.8 Å². The zero-order chi connectivity index (χ0) is 61.4. The molecular weight excluding hydrogens is 1170 g/mol. The minimum absolute atomic E-state index is 0.0156. The average molecular weight is 1250 g/mol. The molecule has 1 aromatic heterocycles. The number of carbonyl (C=O) groups is 4. The van der Waals surface area contributed by atoms with Crippen molar-refractivity contribution in [3.8, 4) is 27.7 Å². The molecule has 4 aromatic carbocycles. The van der Waals surface area contributed by atoms with Crippen molar-refractivity contribution in [2.75, 3.05) is 111 Å². The summed E-state index contributed by atoms with van der Waals surface area (Å²) in [7, 11) is -8.06. The number of benzene rings is 4. The number of aromatic hydroxyl groups is 2. The number of rotatable bonds is 31. The van der Waals surface area contributed by atoms with Crippen molar-refractivity contribution in [3.63, 3.8) is 0 Å². The maximum Gasteiger partial charge on any atom is 0.255 e. The van der Waals surface area contributed by atoms with E-state index in [4.69, 9.17) is 23.7 Å². The number of aryl methyl sites for hydroxylation is 1. The molecular formula is C59H76N8O16S3. The van der Waals surface area contributed by atoms with Gasteiger partial charge in [-0.3, -0.25) is 19.2 Å². The Morgan fingerprint density at radius 3 is 2.06 bits per heavy atom. The van der Waals surface area contributed by atoms with Gasteiger partial charge in [-0.05, 0) is 72.9 Å². The Morgan fingerprint density at radius 2 is 1.41 bits per heavy atom. The molecule has 3 atom stereocenters. The van der Waals surface area contributed by atoms with E-state index in [9.17, 15) is 51.3 Å². The first kappa shape index (κ1) is 65.2. The van der Waals surface area contributed by atoms with Crippen LogP contribution in [0.3, 0.4) is 0 Å². The third kappa shape index (κ3) is 16.8. The lowest BCUT2D eigenvalue weighted by Gasteiger charge is -2.35. The van der Waals surface area contributed by atoms with Gasteiger partial charge in [-0.2, -0.15) is 8.61 Å². The highest BCUT2D eigenvalue weighted by Crippen LogP contribution is 2.34. The maximum absolute atomic E-state index is 14.3. The summed E-state index contributed by atoms with van der Waals surface area (Å²) in [6.45, 7) is 9.15. The number of anilines is 1. The third-order valence-corrected chi connectivity index (χ3v) is 19.6. The van der Waals surface area contributed by atoms with Crippen LogP contribution in [-0.2, 0) is 66.5 Å². The molecule has 6 N–H and O–H groups in total. The number of β-amino-alcohol motifs (C(OH)–C–C–N with tert-alkyl or cyclic N) is 1. The van der Waals surface area contributed by atoms with Crippen LogP contribution in [0.25, 0.3) is 10.4 Å². The standard InChI is InChI=1S/C59H76N8O16S3/c1-40(2)55(67-37-44-8-4-5-11-49(44)58(67)73)59(74)66-38-46(68)34-50(66)57(72)62-36-43-13-12-42(56-41(3)63-39-84-56)32-53(43)83-31-30-82-29-28-81-27-26-80-25-24-79-23-18-61-54(71)16-17-60-45-9-6-10-47(33-45)85(75,76)64-19-7-20-65(22-21-64)86(77,78)48-14-15-51(69)52(70)35-48/h4-6,8-15,32-33,35,39-40,46,50,55,60,68-70H,7,16-31,34,36-38H2,1-3H3,(H,61,71)(H,62,72)/t46-,50+,55+/m1/s1. The lowest BCUT2D eigenvalue weighted by Crippen LogP contribution is -2.55. The average Bonchev–Trinajstić information content (AvgIpc) is 3.86. The van der Waals surface area contributed by atoms with E-state index < -0.39 is 55.6 Å². The first-order valence-electron chi connectivity index (χ1n) is 28.6. The van der Waals surface area contributed by atoms with E-state index in [0.717, 1.165) is 38.1 Å². The van der Waals surface area contributed by atoms with Crippen molar-refractivity contribution in [1.82, 2.24) is 34.0 Å². The lowest BCUT2D eigenvalue weighted by atomic mass is 10.0. The number of amides is 4. The fraction of sp³-hybridized carbons (Fsp3) is 0.475. The van der Waals surface area contributed by atoms with Crippen LogP contribution < -0.4 is 20.7 Å². The topological polar surface area (TPSA) is 305 Å². The van der Waals surface area contributed by atoms with E-state index in [1.165, 1.54) is 38.7 Å². The summed E-state index contributed by atoms with van der Waals surface area (Å²) in [6.07, 6.45) is -0.491. The molecule has 0 spiro atoms. The molecule has 0 saturated carbocycles. The van der Waals surface area contributed by atoms with E-state index in [1.54, 1.807) is 34.7 Å². The van der Waals surface area contributed by atoms with Crippen LogP contribution in [-0.4, -0.2) is 203 Å². The van der Waals surface area contributed by atoms with Crippen LogP contribution >= 0.6 is 11.3 Å². The molecule has 5 aromatic rings. The zero-order valence-corrected chi connectivity index (χ0v) is 50.9. The largest absolute Gasteiger partial charge is 0.504 e. The van der Waals surface area contributed by atoms with Crippen LogP contribution in [0.5, 0.6) is 17.2 Å². The second-order valence-electron chi connectivity index (χ2n) is 21.1. The van der Waals surface area contributed by atoms with Gasteiger partial charge in [-0.15, -0.1) is 11.3 Å². The number of phenolic OH excluding ortho intramolecular Hbond substituents is 2. The second-order valence-corrected chi connectivity index (χ2v) is 25.9. The van der Waals surface area contributed by atoms with E-state index in [2.05, 4.69) is 20.9 Å². The molecule has 24 nitrogen and oxygen atoms in total. The molecule has 2 saturated heterocycles. The Morgan fingerprint density at radius 1 is 0.744 bits per heavy atom. The molecule has 3 aliphatic heterocycles. The molecule has 4 heterocycles. The first-order chi connectivity index (χ1) is 41.3. The molecule has 4 amide bonds. The minimum Gasteiger partial charge on any atom is -0.504 e. The van der Waals surface area contributed by atoms with Gasteiger partial charge in [-0.1, -0.05) is 50.2 Å². The number of thiazole rings is 1. The monoisotopic (exact) mass is 1250 g/mol. The minimum atomic E-state index is -4.06. The zero-order valence-electron chi connectivity index (χ0n) is 48.4. The van der Waals surface area contributed by atoms with E-state index in [-0.39, 0.29) is 131 Å². The summed E-state index contributed by atoms with van der Waals surface area (Å²) in [6, 6.07) is 20.6. The van der Waals surface area contributed by atoms with Crippen LogP contribution in [0.15, 0.2) is 100 Å². The smallest absolute Gasteiger partial charge is 0.255 e.